The van der Waals surface area contributed by atoms with Crippen molar-refractivity contribution in [3.8, 4) is 5.75 Å². The number of esters is 1. The van der Waals surface area contributed by atoms with E-state index < -0.39 is 36.7 Å². The average Bonchev–Trinajstić information content (AvgIpc) is 2.61. The standard InChI is InChI=1S/C18H25NO8/c1-9(2)17(24)25-8-13-14(21)15(22)16(23)18(27-13)26-12-6-4-11(5-7-12)19-10(3)20/h4-7,9,13-16,18,21-23H,8H2,1-3H3,(H,19,20)/t13-,14?,15+,16+,18+/m1/s1. The molecule has 0 saturated carbocycles. The van der Waals surface area contributed by atoms with Gasteiger partial charge in [-0.3, -0.25) is 9.59 Å². The van der Waals surface area contributed by atoms with Gasteiger partial charge in [-0.25, -0.2) is 0 Å². The van der Waals surface area contributed by atoms with Crippen LogP contribution in [-0.4, -0.2) is 64.5 Å². The van der Waals surface area contributed by atoms with E-state index in [4.69, 9.17) is 14.2 Å². The zero-order valence-electron chi connectivity index (χ0n) is 15.4. The number of rotatable bonds is 6. The first kappa shape index (κ1) is 21.1. The Labute approximate surface area is 156 Å². The fourth-order valence-electron chi connectivity index (χ4n) is 2.44. The van der Waals surface area contributed by atoms with Gasteiger partial charge in [0.25, 0.3) is 0 Å². The van der Waals surface area contributed by atoms with E-state index in [2.05, 4.69) is 5.32 Å². The van der Waals surface area contributed by atoms with Crippen molar-refractivity contribution in [2.75, 3.05) is 11.9 Å². The molecule has 9 heteroatoms. The van der Waals surface area contributed by atoms with E-state index in [0.29, 0.717) is 11.4 Å². The van der Waals surface area contributed by atoms with Crippen molar-refractivity contribution in [1.29, 1.82) is 0 Å². The highest BCUT2D eigenvalue weighted by Crippen LogP contribution is 2.25. The molecule has 27 heavy (non-hydrogen) atoms. The molecule has 1 aliphatic rings. The monoisotopic (exact) mass is 383 g/mol. The number of anilines is 1. The molecule has 5 atom stereocenters. The van der Waals surface area contributed by atoms with Crippen LogP contribution in [0.15, 0.2) is 24.3 Å². The summed E-state index contributed by atoms with van der Waals surface area (Å²) in [6.45, 7) is 4.42. The first-order chi connectivity index (χ1) is 12.7. The Morgan fingerprint density at radius 1 is 1.11 bits per heavy atom. The van der Waals surface area contributed by atoms with E-state index in [-0.39, 0.29) is 18.4 Å². The van der Waals surface area contributed by atoms with E-state index in [1.54, 1.807) is 38.1 Å². The van der Waals surface area contributed by atoms with Crippen LogP contribution in [0.4, 0.5) is 5.69 Å². The van der Waals surface area contributed by atoms with Crippen LogP contribution < -0.4 is 10.1 Å². The summed E-state index contributed by atoms with van der Waals surface area (Å²) in [6, 6.07) is 6.29. The third-order valence-electron chi connectivity index (χ3n) is 3.96. The first-order valence-electron chi connectivity index (χ1n) is 8.59. The van der Waals surface area contributed by atoms with Gasteiger partial charge in [0.05, 0.1) is 5.92 Å². The molecule has 1 heterocycles. The molecule has 0 bridgehead atoms. The fraction of sp³-hybridized carbons (Fsp3) is 0.556. The predicted molar refractivity (Wildman–Crippen MR) is 93.9 cm³/mol. The molecule has 0 aliphatic carbocycles. The van der Waals surface area contributed by atoms with Crippen LogP contribution in [0.2, 0.25) is 0 Å². The van der Waals surface area contributed by atoms with Crippen LogP contribution in [0.25, 0.3) is 0 Å². The highest BCUT2D eigenvalue weighted by atomic mass is 16.7. The third kappa shape index (κ3) is 5.64. The fourth-order valence-corrected chi connectivity index (χ4v) is 2.44. The van der Waals surface area contributed by atoms with Crippen molar-refractivity contribution in [3.63, 3.8) is 0 Å². The normalized spacial score (nSPS) is 27.9. The van der Waals surface area contributed by atoms with Crippen molar-refractivity contribution in [3.05, 3.63) is 24.3 Å². The Balaban J connectivity index is 2.02. The predicted octanol–water partition coefficient (Wildman–Crippen LogP) is 0.0306. The Hall–Kier alpha value is -2.20. The highest BCUT2D eigenvalue weighted by Gasteiger charge is 2.45. The van der Waals surface area contributed by atoms with Gasteiger partial charge in [0, 0.05) is 12.6 Å². The maximum absolute atomic E-state index is 11.6. The molecular formula is C18H25NO8. The third-order valence-corrected chi connectivity index (χ3v) is 3.96. The number of amides is 1. The van der Waals surface area contributed by atoms with Crippen molar-refractivity contribution in [1.82, 2.24) is 0 Å². The Morgan fingerprint density at radius 3 is 2.30 bits per heavy atom. The number of ether oxygens (including phenoxy) is 3. The summed E-state index contributed by atoms with van der Waals surface area (Å²) in [4.78, 5) is 22.6. The molecule has 9 nitrogen and oxygen atoms in total. The minimum Gasteiger partial charge on any atom is -0.463 e. The van der Waals surface area contributed by atoms with Crippen LogP contribution in [0.1, 0.15) is 20.8 Å². The van der Waals surface area contributed by atoms with E-state index >= 15 is 0 Å². The second-order valence-corrected chi connectivity index (χ2v) is 6.62. The van der Waals surface area contributed by atoms with E-state index in [0.717, 1.165) is 0 Å². The van der Waals surface area contributed by atoms with Gasteiger partial charge in [0.2, 0.25) is 12.2 Å². The average molecular weight is 383 g/mol. The van der Waals surface area contributed by atoms with Crippen LogP contribution in [0.5, 0.6) is 5.75 Å². The van der Waals surface area contributed by atoms with Gasteiger partial charge >= 0.3 is 5.97 Å². The molecule has 0 radical (unpaired) electrons. The largest absolute Gasteiger partial charge is 0.463 e. The number of aliphatic hydroxyl groups is 3. The number of carbonyl (C=O) groups is 2. The maximum Gasteiger partial charge on any atom is 0.308 e. The number of aliphatic hydroxyl groups excluding tert-OH is 3. The summed E-state index contributed by atoms with van der Waals surface area (Å²) in [6.07, 6.45) is -6.83. The van der Waals surface area contributed by atoms with Gasteiger partial charge in [-0.05, 0) is 24.3 Å². The lowest BCUT2D eigenvalue weighted by Crippen LogP contribution is -2.60. The molecule has 1 aromatic rings. The van der Waals surface area contributed by atoms with Gasteiger partial charge in [0.15, 0.2) is 0 Å². The molecule has 1 amide bonds. The quantitative estimate of drug-likeness (QED) is 0.506. The van der Waals surface area contributed by atoms with E-state index in [1.807, 2.05) is 0 Å². The van der Waals surface area contributed by atoms with Crippen LogP contribution in [-0.2, 0) is 19.1 Å². The maximum atomic E-state index is 11.6. The number of carbonyl (C=O) groups excluding carboxylic acids is 2. The van der Waals surface area contributed by atoms with Gasteiger partial charge in [-0.2, -0.15) is 0 Å². The molecule has 1 unspecified atom stereocenters. The Bertz CT molecular complexity index is 647. The van der Waals surface area contributed by atoms with Crippen molar-refractivity contribution < 1.29 is 39.1 Å². The number of hydrogen-bond acceptors (Lipinski definition) is 8. The summed E-state index contributed by atoms with van der Waals surface area (Å²) in [5, 5.41) is 32.8. The van der Waals surface area contributed by atoms with E-state index in [9.17, 15) is 24.9 Å². The number of nitrogens with one attached hydrogen (secondary N) is 1. The minimum absolute atomic E-state index is 0.217. The van der Waals surface area contributed by atoms with Gasteiger partial charge < -0.3 is 34.8 Å². The molecule has 0 aromatic heterocycles. The summed E-state index contributed by atoms with van der Waals surface area (Å²) in [5.74, 6) is -0.729. The smallest absolute Gasteiger partial charge is 0.308 e. The van der Waals surface area contributed by atoms with Crippen LogP contribution in [0, 0.1) is 5.92 Å². The lowest BCUT2D eigenvalue weighted by molar-refractivity contribution is -0.278. The summed E-state index contributed by atoms with van der Waals surface area (Å²) in [7, 11) is 0. The molecule has 4 N–H and O–H groups in total. The second-order valence-electron chi connectivity index (χ2n) is 6.62. The SMILES string of the molecule is CC(=O)Nc1ccc(O[C@H]2O[C@H](COC(=O)C(C)C)C(O)[C@H](O)[C@@H]2O)cc1. The summed E-state index contributed by atoms with van der Waals surface area (Å²) in [5.41, 5.74) is 0.564. The molecule has 1 aromatic carbocycles. The lowest BCUT2D eigenvalue weighted by atomic mass is 9.99. The highest BCUT2D eigenvalue weighted by molar-refractivity contribution is 5.88. The van der Waals surface area contributed by atoms with Crippen molar-refractivity contribution >= 4 is 17.6 Å². The zero-order chi connectivity index (χ0) is 20.1. The number of benzene rings is 1. The summed E-state index contributed by atoms with van der Waals surface area (Å²) >= 11 is 0. The Kier molecular flexibility index (Phi) is 7.14. The van der Waals surface area contributed by atoms with Gasteiger partial charge in [0.1, 0.15) is 36.8 Å². The number of hydrogen-bond donors (Lipinski definition) is 4. The molecule has 150 valence electrons. The first-order valence-corrected chi connectivity index (χ1v) is 8.59. The van der Waals surface area contributed by atoms with E-state index in [1.165, 1.54) is 6.92 Å². The second kappa shape index (κ2) is 9.14. The van der Waals surface area contributed by atoms with Crippen molar-refractivity contribution in [2.45, 2.75) is 51.5 Å². The lowest BCUT2D eigenvalue weighted by Gasteiger charge is -2.40. The molecule has 0 spiro atoms. The molecule has 2 rings (SSSR count). The van der Waals surface area contributed by atoms with Crippen LogP contribution in [0.3, 0.4) is 0 Å². The Morgan fingerprint density at radius 2 is 1.74 bits per heavy atom. The van der Waals surface area contributed by atoms with Gasteiger partial charge in [-0.15, -0.1) is 0 Å². The molecule has 1 aliphatic heterocycles. The van der Waals surface area contributed by atoms with Gasteiger partial charge in [-0.1, -0.05) is 13.8 Å². The molecular weight excluding hydrogens is 358 g/mol. The molecule has 1 saturated heterocycles. The topological polar surface area (TPSA) is 135 Å². The summed E-state index contributed by atoms with van der Waals surface area (Å²) < 4.78 is 16.1. The zero-order valence-corrected chi connectivity index (χ0v) is 15.4. The minimum atomic E-state index is -1.54. The molecule has 1 fully saturated rings. The van der Waals surface area contributed by atoms with Crippen molar-refractivity contribution in [2.24, 2.45) is 5.92 Å². The van der Waals surface area contributed by atoms with Crippen LogP contribution >= 0.6 is 0 Å².